The molecule has 0 aliphatic carbocycles. The maximum Gasteiger partial charge on any atom is 0.221 e. The Bertz CT molecular complexity index is 483. The topological polar surface area (TPSA) is 44.4 Å². The number of nitrogens with one attached hydrogen (secondary N) is 2. The van der Waals surface area contributed by atoms with E-state index in [0.717, 1.165) is 5.56 Å². The smallest absolute Gasteiger partial charge is 0.221 e. The Morgan fingerprint density at radius 1 is 1.33 bits per heavy atom. The highest BCUT2D eigenvalue weighted by Gasteiger charge is 2.16. The van der Waals surface area contributed by atoms with Crippen molar-refractivity contribution in [2.24, 2.45) is 0 Å². The van der Waals surface area contributed by atoms with E-state index in [2.05, 4.69) is 31.4 Å². The van der Waals surface area contributed by atoms with Crippen molar-refractivity contribution in [3.05, 3.63) is 29.6 Å². The molecule has 0 saturated heterocycles. The molecule has 0 fully saturated rings. The van der Waals surface area contributed by atoms with Crippen molar-refractivity contribution in [3.8, 4) is 0 Å². The molecule has 1 aromatic carbocycles. The molecule has 21 heavy (non-hydrogen) atoms. The summed E-state index contributed by atoms with van der Waals surface area (Å²) >= 11 is 0. The molecule has 4 nitrogen and oxygen atoms in total. The van der Waals surface area contributed by atoms with Crippen molar-refractivity contribution in [1.29, 1.82) is 0 Å². The standard InChI is InChI=1S/C16H26FN3O/c1-16(2,3)19-11-12-7-6-8-13(17)15(12)20(5)10-9-14(21)18-4/h6-8,19H,9-11H2,1-5H3,(H,18,21). The SMILES string of the molecule is CNC(=O)CCN(C)c1c(F)cccc1CNC(C)(C)C. The third-order valence-electron chi connectivity index (χ3n) is 3.21. The summed E-state index contributed by atoms with van der Waals surface area (Å²) in [6.07, 6.45) is 0.341. The number of carbonyl (C=O) groups excluding carboxylic acids is 1. The van der Waals surface area contributed by atoms with E-state index in [1.54, 1.807) is 18.0 Å². The highest BCUT2D eigenvalue weighted by Crippen LogP contribution is 2.24. The number of nitrogens with zero attached hydrogens (tertiary/aromatic N) is 1. The lowest BCUT2D eigenvalue weighted by atomic mass is 10.1. The lowest BCUT2D eigenvalue weighted by molar-refractivity contribution is -0.120. The third kappa shape index (κ3) is 5.71. The molecule has 0 aliphatic heterocycles. The van der Waals surface area contributed by atoms with Gasteiger partial charge in [-0.05, 0) is 32.4 Å². The predicted octanol–water partition coefficient (Wildman–Crippen LogP) is 2.29. The highest BCUT2D eigenvalue weighted by molar-refractivity contribution is 5.76. The van der Waals surface area contributed by atoms with Crippen LogP contribution in [0.2, 0.25) is 0 Å². The number of amides is 1. The Labute approximate surface area is 126 Å². The summed E-state index contributed by atoms with van der Waals surface area (Å²) in [6.45, 7) is 7.27. The largest absolute Gasteiger partial charge is 0.371 e. The molecule has 5 heteroatoms. The molecule has 118 valence electrons. The van der Waals surface area contributed by atoms with E-state index in [9.17, 15) is 9.18 Å². The molecule has 0 spiro atoms. The van der Waals surface area contributed by atoms with Gasteiger partial charge in [0.25, 0.3) is 0 Å². The fraction of sp³-hybridized carbons (Fsp3) is 0.562. The molecule has 1 rings (SSSR count). The van der Waals surface area contributed by atoms with E-state index >= 15 is 0 Å². The Hall–Kier alpha value is -1.62. The first-order chi connectivity index (χ1) is 9.74. The fourth-order valence-electron chi connectivity index (χ4n) is 2.00. The minimum Gasteiger partial charge on any atom is -0.371 e. The van der Waals surface area contributed by atoms with Crippen LogP contribution in [0.4, 0.5) is 10.1 Å². The number of anilines is 1. The average Bonchev–Trinajstić information content (AvgIpc) is 2.41. The van der Waals surface area contributed by atoms with Crippen LogP contribution in [0.1, 0.15) is 32.8 Å². The van der Waals surface area contributed by atoms with Crippen molar-refractivity contribution in [3.63, 3.8) is 0 Å². The molecular formula is C16H26FN3O. The molecule has 2 N–H and O–H groups in total. The summed E-state index contributed by atoms with van der Waals surface area (Å²) in [5.41, 5.74) is 1.41. The van der Waals surface area contributed by atoms with Crippen LogP contribution in [0.3, 0.4) is 0 Å². The van der Waals surface area contributed by atoms with Gasteiger partial charge < -0.3 is 15.5 Å². The summed E-state index contributed by atoms with van der Waals surface area (Å²) < 4.78 is 14.2. The first-order valence-corrected chi connectivity index (χ1v) is 7.18. The molecule has 1 aromatic rings. The van der Waals surface area contributed by atoms with Crippen molar-refractivity contribution >= 4 is 11.6 Å². The van der Waals surface area contributed by atoms with E-state index in [1.807, 2.05) is 13.1 Å². The predicted molar refractivity (Wildman–Crippen MR) is 84.9 cm³/mol. The molecule has 0 heterocycles. The zero-order valence-electron chi connectivity index (χ0n) is 13.6. The second-order valence-electron chi connectivity index (χ2n) is 6.20. The van der Waals surface area contributed by atoms with Crippen LogP contribution in [0.5, 0.6) is 0 Å². The van der Waals surface area contributed by atoms with Gasteiger partial charge in [0.15, 0.2) is 0 Å². The van der Waals surface area contributed by atoms with Crippen molar-refractivity contribution < 1.29 is 9.18 Å². The van der Waals surface area contributed by atoms with Crippen LogP contribution in [0, 0.1) is 5.82 Å². The molecule has 0 saturated carbocycles. The summed E-state index contributed by atoms with van der Waals surface area (Å²) in [6, 6.07) is 5.07. The number of rotatable bonds is 6. The van der Waals surface area contributed by atoms with E-state index in [0.29, 0.717) is 25.2 Å². The normalized spacial score (nSPS) is 11.3. The molecule has 0 aliphatic rings. The molecular weight excluding hydrogens is 269 g/mol. The van der Waals surface area contributed by atoms with E-state index in [1.165, 1.54) is 6.07 Å². The monoisotopic (exact) mass is 295 g/mol. The Morgan fingerprint density at radius 3 is 2.57 bits per heavy atom. The maximum absolute atomic E-state index is 14.2. The van der Waals surface area contributed by atoms with Gasteiger partial charge >= 0.3 is 0 Å². The molecule has 0 bridgehead atoms. The first-order valence-electron chi connectivity index (χ1n) is 7.18. The van der Waals surface area contributed by atoms with E-state index < -0.39 is 0 Å². The zero-order chi connectivity index (χ0) is 16.0. The Balaban J connectivity index is 2.86. The Kier molecular flexibility index (Phi) is 6.15. The van der Waals surface area contributed by atoms with Gasteiger partial charge in [-0.1, -0.05) is 12.1 Å². The van der Waals surface area contributed by atoms with Crippen LogP contribution < -0.4 is 15.5 Å². The van der Waals surface area contributed by atoms with Crippen LogP contribution >= 0.6 is 0 Å². The van der Waals surface area contributed by atoms with Crippen molar-refractivity contribution in [2.45, 2.75) is 39.3 Å². The summed E-state index contributed by atoms with van der Waals surface area (Å²) in [5.74, 6) is -0.310. The van der Waals surface area contributed by atoms with Crippen molar-refractivity contribution in [1.82, 2.24) is 10.6 Å². The average molecular weight is 295 g/mol. The highest BCUT2D eigenvalue weighted by atomic mass is 19.1. The molecule has 0 radical (unpaired) electrons. The number of halogens is 1. The summed E-state index contributed by atoms with van der Waals surface area (Å²) in [5, 5.41) is 5.94. The molecule has 0 unspecified atom stereocenters. The minimum absolute atomic E-state index is 0.0374. The minimum atomic E-state index is -0.261. The maximum atomic E-state index is 14.2. The van der Waals surface area contributed by atoms with E-state index in [-0.39, 0.29) is 17.3 Å². The molecule has 0 aromatic heterocycles. The van der Waals surface area contributed by atoms with Gasteiger partial charge in [-0.25, -0.2) is 4.39 Å². The zero-order valence-corrected chi connectivity index (χ0v) is 13.6. The van der Waals surface area contributed by atoms with Gasteiger partial charge in [-0.15, -0.1) is 0 Å². The molecule has 0 atom stereocenters. The summed E-state index contributed by atoms with van der Waals surface area (Å²) in [4.78, 5) is 13.1. The van der Waals surface area contributed by atoms with Crippen LogP contribution in [0.15, 0.2) is 18.2 Å². The lowest BCUT2D eigenvalue weighted by Gasteiger charge is -2.26. The lowest BCUT2D eigenvalue weighted by Crippen LogP contribution is -2.36. The quantitative estimate of drug-likeness (QED) is 0.846. The van der Waals surface area contributed by atoms with Crippen LogP contribution in [0.25, 0.3) is 0 Å². The first kappa shape index (κ1) is 17.4. The fourth-order valence-corrected chi connectivity index (χ4v) is 2.00. The van der Waals surface area contributed by atoms with Crippen LogP contribution in [-0.2, 0) is 11.3 Å². The molecule has 1 amide bonds. The van der Waals surface area contributed by atoms with Gasteiger partial charge in [0.1, 0.15) is 5.82 Å². The van der Waals surface area contributed by atoms with Gasteiger partial charge in [0, 0.05) is 39.1 Å². The third-order valence-corrected chi connectivity index (χ3v) is 3.21. The number of hydrogen-bond donors (Lipinski definition) is 2. The van der Waals surface area contributed by atoms with Crippen LogP contribution in [-0.4, -0.2) is 32.1 Å². The number of benzene rings is 1. The second-order valence-corrected chi connectivity index (χ2v) is 6.20. The van der Waals surface area contributed by atoms with Crippen molar-refractivity contribution in [2.75, 3.05) is 25.5 Å². The van der Waals surface area contributed by atoms with Gasteiger partial charge in [0.05, 0.1) is 5.69 Å². The number of hydrogen-bond acceptors (Lipinski definition) is 3. The van der Waals surface area contributed by atoms with Gasteiger partial charge in [0.2, 0.25) is 5.91 Å². The van der Waals surface area contributed by atoms with Gasteiger partial charge in [-0.2, -0.15) is 0 Å². The van der Waals surface area contributed by atoms with Gasteiger partial charge in [-0.3, -0.25) is 4.79 Å². The number of carbonyl (C=O) groups is 1. The Morgan fingerprint density at radius 2 is 2.00 bits per heavy atom. The van der Waals surface area contributed by atoms with E-state index in [4.69, 9.17) is 0 Å². The number of para-hydroxylation sites is 1. The second kappa shape index (κ2) is 7.41. The summed E-state index contributed by atoms with van der Waals surface area (Å²) in [7, 11) is 3.41.